The zero-order chi connectivity index (χ0) is 37.5. The molecule has 0 radical (unpaired) electrons. The van der Waals surface area contributed by atoms with Crippen molar-refractivity contribution in [3.8, 4) is 5.69 Å². The lowest BCUT2D eigenvalue weighted by Crippen LogP contribution is -2.60. The fourth-order valence-corrected chi connectivity index (χ4v) is 6.09. The summed E-state index contributed by atoms with van der Waals surface area (Å²) >= 11 is 0. The highest BCUT2D eigenvalue weighted by molar-refractivity contribution is 5.90. The number of carboxylic acid groups (broad SMARTS) is 2. The van der Waals surface area contributed by atoms with E-state index in [1.165, 1.54) is 21.7 Å². The van der Waals surface area contributed by atoms with Gasteiger partial charge < -0.3 is 46.0 Å². The van der Waals surface area contributed by atoms with E-state index < -0.39 is 53.2 Å². The van der Waals surface area contributed by atoms with Crippen LogP contribution in [0, 0.1) is 0 Å². The molecule has 18 nitrogen and oxygen atoms in total. The molecule has 0 spiro atoms. The molecular formula is C33H47N9O9. The number of carbonyl (C=O) groups excluding carboxylic acids is 3. The van der Waals surface area contributed by atoms with Gasteiger partial charge in [0, 0.05) is 57.0 Å². The standard InChI is InChI=1S/C33H47N9O9/c1-32(2,3)51-31(50)39-33(4,5)26(43)40-12-14-41(15-13-40)27(44)37-25-10-11-42(28(45)38-25)24-8-6-20(7-9-24)19-34-21-16-22(35-29(46)47)18-23(17-21)36-30(48)49/h6-11,21-23,34-36H,12-19H2,1-5H3,(H,39,50)(H,46,47)(H,48,49)(H,37,38,44,45). The number of amides is 6. The molecule has 2 aliphatic rings. The Morgan fingerprint density at radius 1 is 0.824 bits per heavy atom. The third-order valence-electron chi connectivity index (χ3n) is 8.41. The molecule has 4 rings (SSSR count). The number of alkyl carbamates (subject to hydrolysis) is 1. The number of hydrogen-bond acceptors (Lipinski definition) is 9. The Morgan fingerprint density at radius 3 is 1.90 bits per heavy atom. The fraction of sp³-hybridized carbons (Fsp3) is 0.545. The van der Waals surface area contributed by atoms with Gasteiger partial charge >= 0.3 is 30.0 Å². The minimum Gasteiger partial charge on any atom is -0.465 e. The van der Waals surface area contributed by atoms with E-state index in [2.05, 4.69) is 31.6 Å². The highest BCUT2D eigenvalue weighted by Gasteiger charge is 2.37. The maximum Gasteiger partial charge on any atom is 0.408 e. The molecule has 2 fully saturated rings. The van der Waals surface area contributed by atoms with E-state index >= 15 is 0 Å². The summed E-state index contributed by atoms with van der Waals surface area (Å²) in [5.74, 6) is -0.235. The van der Waals surface area contributed by atoms with Gasteiger partial charge in [-0.1, -0.05) is 12.1 Å². The van der Waals surface area contributed by atoms with Gasteiger partial charge in [-0.25, -0.2) is 24.0 Å². The Hall–Kier alpha value is -5.39. The average Bonchev–Trinajstić information content (AvgIpc) is 3.02. The van der Waals surface area contributed by atoms with E-state index in [0.29, 0.717) is 31.5 Å². The molecule has 18 heteroatoms. The Labute approximate surface area is 294 Å². The van der Waals surface area contributed by atoms with Crippen LogP contribution in [0.4, 0.5) is 25.0 Å². The predicted octanol–water partition coefficient (Wildman–Crippen LogP) is 2.13. The van der Waals surface area contributed by atoms with Crippen LogP contribution in [0.1, 0.15) is 59.4 Å². The SMILES string of the molecule is CC(C)(C)OC(=O)NC(C)(C)C(=O)N1CCN(C(=O)Nc2ccn(-c3ccc(CNC4CC(NC(=O)O)CC(NC(=O)O)C4)cc3)c(=O)n2)CC1. The molecule has 1 saturated heterocycles. The van der Waals surface area contributed by atoms with Crippen molar-refractivity contribution in [2.24, 2.45) is 0 Å². The van der Waals surface area contributed by atoms with Crippen LogP contribution in [-0.2, 0) is 16.1 Å². The van der Waals surface area contributed by atoms with Gasteiger partial charge in [-0.15, -0.1) is 0 Å². The largest absolute Gasteiger partial charge is 0.465 e. The van der Waals surface area contributed by atoms with Crippen molar-refractivity contribution in [1.82, 2.24) is 40.6 Å². The molecule has 7 N–H and O–H groups in total. The Kier molecular flexibility index (Phi) is 12.1. The number of rotatable bonds is 9. The zero-order valence-electron chi connectivity index (χ0n) is 29.4. The first kappa shape index (κ1) is 38.4. The highest BCUT2D eigenvalue weighted by atomic mass is 16.6. The van der Waals surface area contributed by atoms with Crippen LogP contribution < -0.4 is 32.3 Å². The molecular weight excluding hydrogens is 666 g/mol. The van der Waals surface area contributed by atoms with E-state index in [9.17, 15) is 28.8 Å². The van der Waals surface area contributed by atoms with E-state index in [0.717, 1.165) is 5.56 Å². The first-order valence-corrected chi connectivity index (χ1v) is 16.7. The number of nitrogens with one attached hydrogen (secondary N) is 5. The second kappa shape index (κ2) is 16.1. The predicted molar refractivity (Wildman–Crippen MR) is 185 cm³/mol. The van der Waals surface area contributed by atoms with Crippen molar-refractivity contribution in [3.05, 3.63) is 52.6 Å². The van der Waals surface area contributed by atoms with Crippen LogP contribution in [-0.4, -0.2) is 115 Å². The summed E-state index contributed by atoms with van der Waals surface area (Å²) in [4.78, 5) is 80.6. The van der Waals surface area contributed by atoms with E-state index in [1.807, 2.05) is 12.1 Å². The van der Waals surface area contributed by atoms with Crippen LogP contribution >= 0.6 is 0 Å². The van der Waals surface area contributed by atoms with Gasteiger partial charge in [-0.2, -0.15) is 4.98 Å². The molecule has 2 atom stereocenters. The number of aromatic nitrogens is 2. The minimum absolute atomic E-state index is 0.0714. The summed E-state index contributed by atoms with van der Waals surface area (Å²) in [6.45, 7) is 9.78. The number of benzene rings is 1. The lowest BCUT2D eigenvalue weighted by atomic mass is 9.87. The zero-order valence-corrected chi connectivity index (χ0v) is 29.4. The highest BCUT2D eigenvalue weighted by Crippen LogP contribution is 2.21. The minimum atomic E-state index is -1.22. The number of piperazine rings is 1. The van der Waals surface area contributed by atoms with Crippen molar-refractivity contribution in [3.63, 3.8) is 0 Å². The smallest absolute Gasteiger partial charge is 0.408 e. The first-order chi connectivity index (χ1) is 23.9. The molecule has 1 aliphatic heterocycles. The van der Waals surface area contributed by atoms with Crippen molar-refractivity contribution >= 4 is 36.0 Å². The van der Waals surface area contributed by atoms with Gasteiger partial charge in [0.1, 0.15) is 17.0 Å². The molecule has 2 aromatic rings. The van der Waals surface area contributed by atoms with E-state index in [4.69, 9.17) is 14.9 Å². The lowest BCUT2D eigenvalue weighted by Gasteiger charge is -2.38. The van der Waals surface area contributed by atoms with E-state index in [1.54, 1.807) is 51.7 Å². The van der Waals surface area contributed by atoms with Gasteiger partial charge in [-0.3, -0.25) is 14.7 Å². The number of hydrogen-bond donors (Lipinski definition) is 7. The summed E-state index contributed by atoms with van der Waals surface area (Å²) in [7, 11) is 0. The van der Waals surface area contributed by atoms with Crippen LogP contribution in [0.25, 0.3) is 5.69 Å². The van der Waals surface area contributed by atoms with Gasteiger partial charge in [0.2, 0.25) is 5.91 Å². The van der Waals surface area contributed by atoms with Gasteiger partial charge in [0.25, 0.3) is 0 Å². The van der Waals surface area contributed by atoms with Crippen LogP contribution in [0.2, 0.25) is 0 Å². The summed E-state index contributed by atoms with van der Waals surface area (Å²) in [6, 6.07) is 7.26. The van der Waals surface area contributed by atoms with Crippen molar-refractivity contribution in [2.45, 2.75) is 89.7 Å². The molecule has 1 aromatic carbocycles. The molecule has 2 unspecified atom stereocenters. The van der Waals surface area contributed by atoms with Gasteiger partial charge in [0.15, 0.2) is 0 Å². The number of nitrogens with zero attached hydrogens (tertiary/aromatic N) is 4. The van der Waals surface area contributed by atoms with E-state index in [-0.39, 0.29) is 43.9 Å². The van der Waals surface area contributed by atoms with Crippen molar-refractivity contribution in [1.29, 1.82) is 0 Å². The number of carbonyl (C=O) groups is 5. The van der Waals surface area contributed by atoms with Gasteiger partial charge in [0.05, 0.1) is 5.69 Å². The third kappa shape index (κ3) is 11.3. The average molecular weight is 714 g/mol. The summed E-state index contributed by atoms with van der Waals surface area (Å²) < 4.78 is 6.60. The first-order valence-electron chi connectivity index (χ1n) is 16.7. The molecule has 0 bridgehead atoms. The third-order valence-corrected chi connectivity index (χ3v) is 8.41. The Bertz CT molecular complexity index is 1620. The molecule has 1 aliphatic carbocycles. The maximum absolute atomic E-state index is 13.1. The topological polar surface area (TPSA) is 237 Å². The summed E-state index contributed by atoms with van der Waals surface area (Å²) in [5.41, 5.74) is -1.09. The fourth-order valence-electron chi connectivity index (χ4n) is 6.09. The summed E-state index contributed by atoms with van der Waals surface area (Å²) in [6.07, 6.45) is -0.134. The molecule has 51 heavy (non-hydrogen) atoms. The van der Waals surface area contributed by atoms with Crippen LogP contribution in [0.15, 0.2) is 41.3 Å². The molecule has 2 heterocycles. The molecule has 6 amide bonds. The second-order valence-electron chi connectivity index (χ2n) is 14.2. The monoisotopic (exact) mass is 713 g/mol. The summed E-state index contributed by atoms with van der Waals surface area (Å²) in [5, 5.41) is 31.7. The van der Waals surface area contributed by atoms with Crippen LogP contribution in [0.3, 0.4) is 0 Å². The maximum atomic E-state index is 13.1. The second-order valence-corrected chi connectivity index (χ2v) is 14.2. The normalized spacial score (nSPS) is 19.4. The number of urea groups is 1. The Balaban J connectivity index is 1.27. The lowest BCUT2D eigenvalue weighted by molar-refractivity contribution is -0.138. The van der Waals surface area contributed by atoms with Crippen molar-refractivity contribution < 1.29 is 38.9 Å². The number of ether oxygens (including phenoxy) is 1. The molecule has 278 valence electrons. The number of anilines is 1. The van der Waals surface area contributed by atoms with Gasteiger partial charge in [-0.05, 0) is 77.6 Å². The molecule has 1 aromatic heterocycles. The quantitative estimate of drug-likeness (QED) is 0.199. The van der Waals surface area contributed by atoms with Crippen LogP contribution in [0.5, 0.6) is 0 Å². The molecule has 1 saturated carbocycles. The Morgan fingerprint density at radius 2 is 1.37 bits per heavy atom. The van der Waals surface area contributed by atoms with Crippen molar-refractivity contribution in [2.75, 3.05) is 31.5 Å².